The fourth-order valence-electron chi connectivity index (χ4n) is 6.25. The standard InChI is InChI=1S/C39H23N3O/c1-2-11-35-33(9-1)34-15-14-26(22-36(34)43-35)28-19-29(21-30(20-28)32-10-3-6-24-7-4-16-40-37(24)32)31-18-27-13-12-25-8-5-17-41-38(25)39(27)42-23-31/h1-23H. The molecule has 9 rings (SSSR count). The molecule has 0 N–H and O–H groups in total. The lowest BCUT2D eigenvalue weighted by Crippen LogP contribution is -1.90. The number of aromatic nitrogens is 3. The average Bonchev–Trinajstić information content (AvgIpc) is 3.45. The lowest BCUT2D eigenvalue weighted by Gasteiger charge is -2.13. The van der Waals surface area contributed by atoms with Crippen LogP contribution >= 0.6 is 0 Å². The van der Waals surface area contributed by atoms with Crippen LogP contribution in [0.3, 0.4) is 0 Å². The number of benzene rings is 5. The first-order chi connectivity index (χ1) is 21.3. The van der Waals surface area contributed by atoms with Crippen LogP contribution in [-0.2, 0) is 0 Å². The van der Waals surface area contributed by atoms with Crippen LogP contribution in [0.25, 0.3) is 88.0 Å². The van der Waals surface area contributed by atoms with E-state index in [4.69, 9.17) is 14.4 Å². The number of pyridine rings is 3. The molecule has 4 heteroatoms. The highest BCUT2D eigenvalue weighted by molar-refractivity contribution is 6.06. The number of fused-ring (bicyclic) bond motifs is 7. The minimum absolute atomic E-state index is 0.879. The van der Waals surface area contributed by atoms with Crippen LogP contribution < -0.4 is 0 Å². The molecule has 5 aromatic carbocycles. The van der Waals surface area contributed by atoms with E-state index in [-0.39, 0.29) is 0 Å². The van der Waals surface area contributed by atoms with Crippen molar-refractivity contribution in [2.45, 2.75) is 0 Å². The van der Waals surface area contributed by atoms with Crippen molar-refractivity contribution in [1.82, 2.24) is 15.0 Å². The van der Waals surface area contributed by atoms with Gasteiger partial charge in [-0.15, -0.1) is 0 Å². The van der Waals surface area contributed by atoms with Gasteiger partial charge in [-0.1, -0.05) is 66.7 Å². The fourth-order valence-corrected chi connectivity index (χ4v) is 6.25. The van der Waals surface area contributed by atoms with E-state index in [1.807, 2.05) is 42.9 Å². The SMILES string of the molecule is c1cnc2c(-c3cc(-c4cnc5c(ccc6cccnc65)c4)cc(-c4ccc5c(c4)oc4ccccc45)c3)cccc2c1. The molecule has 4 heterocycles. The highest BCUT2D eigenvalue weighted by Crippen LogP contribution is 2.38. The zero-order chi connectivity index (χ0) is 28.3. The maximum atomic E-state index is 6.26. The molecule has 0 fully saturated rings. The first-order valence-corrected chi connectivity index (χ1v) is 14.3. The lowest BCUT2D eigenvalue weighted by atomic mass is 9.92. The van der Waals surface area contributed by atoms with Crippen LogP contribution in [0.4, 0.5) is 0 Å². The van der Waals surface area contributed by atoms with Crippen molar-refractivity contribution in [3.05, 3.63) is 140 Å². The Labute approximate surface area is 246 Å². The van der Waals surface area contributed by atoms with E-state index in [0.29, 0.717) is 0 Å². The molecular formula is C39H23N3O. The topological polar surface area (TPSA) is 51.8 Å². The van der Waals surface area contributed by atoms with Gasteiger partial charge in [-0.25, -0.2) is 0 Å². The van der Waals surface area contributed by atoms with Crippen molar-refractivity contribution >= 4 is 54.6 Å². The molecule has 0 bridgehead atoms. The summed E-state index contributed by atoms with van der Waals surface area (Å²) < 4.78 is 6.26. The number of hydrogen-bond donors (Lipinski definition) is 0. The Hall–Kier alpha value is -5.87. The first-order valence-electron chi connectivity index (χ1n) is 14.3. The van der Waals surface area contributed by atoms with Gasteiger partial charge in [0.1, 0.15) is 11.2 Å². The molecule has 0 unspecified atom stereocenters. The van der Waals surface area contributed by atoms with Gasteiger partial charge in [0, 0.05) is 56.6 Å². The first kappa shape index (κ1) is 23.8. The zero-order valence-electron chi connectivity index (χ0n) is 23.0. The van der Waals surface area contributed by atoms with Crippen LogP contribution in [0.5, 0.6) is 0 Å². The Morgan fingerprint density at radius 3 is 2.00 bits per heavy atom. The fraction of sp³-hybridized carbons (Fsp3) is 0. The van der Waals surface area contributed by atoms with Crippen molar-refractivity contribution in [2.75, 3.05) is 0 Å². The summed E-state index contributed by atoms with van der Waals surface area (Å²) in [6.45, 7) is 0. The van der Waals surface area contributed by atoms with Crippen LogP contribution in [0, 0.1) is 0 Å². The summed E-state index contributed by atoms with van der Waals surface area (Å²) in [5.41, 5.74) is 11.1. The molecule has 0 aliphatic rings. The highest BCUT2D eigenvalue weighted by atomic mass is 16.3. The van der Waals surface area contributed by atoms with Crippen LogP contribution in [-0.4, -0.2) is 15.0 Å². The van der Waals surface area contributed by atoms with E-state index < -0.39 is 0 Å². The van der Waals surface area contributed by atoms with Crippen molar-refractivity contribution in [1.29, 1.82) is 0 Å². The highest BCUT2D eigenvalue weighted by Gasteiger charge is 2.14. The zero-order valence-corrected chi connectivity index (χ0v) is 23.0. The molecule has 43 heavy (non-hydrogen) atoms. The Morgan fingerprint density at radius 1 is 0.395 bits per heavy atom. The summed E-state index contributed by atoms with van der Waals surface area (Å²) in [5.74, 6) is 0. The van der Waals surface area contributed by atoms with Gasteiger partial charge in [-0.3, -0.25) is 15.0 Å². The van der Waals surface area contributed by atoms with Gasteiger partial charge < -0.3 is 4.42 Å². The van der Waals surface area contributed by atoms with E-state index in [0.717, 1.165) is 88.0 Å². The molecule has 0 radical (unpaired) electrons. The van der Waals surface area contributed by atoms with Gasteiger partial charge in [0.05, 0.1) is 16.6 Å². The number of furan rings is 1. The van der Waals surface area contributed by atoms with E-state index in [1.54, 1.807) is 0 Å². The summed E-state index contributed by atoms with van der Waals surface area (Å²) in [6, 6.07) is 42.4. The second-order valence-corrected chi connectivity index (χ2v) is 10.9. The molecule has 0 aliphatic heterocycles. The van der Waals surface area contributed by atoms with Gasteiger partial charge in [-0.2, -0.15) is 0 Å². The third-order valence-electron chi connectivity index (χ3n) is 8.35. The number of rotatable bonds is 3. The molecule has 0 amide bonds. The Balaban J connectivity index is 1.27. The van der Waals surface area contributed by atoms with Gasteiger partial charge in [-0.05, 0) is 76.9 Å². The third kappa shape index (κ3) is 3.88. The Morgan fingerprint density at radius 2 is 1.09 bits per heavy atom. The van der Waals surface area contributed by atoms with Crippen molar-refractivity contribution in [3.8, 4) is 33.4 Å². The molecular weight excluding hydrogens is 526 g/mol. The number of nitrogens with zero attached hydrogens (tertiary/aromatic N) is 3. The molecule has 200 valence electrons. The summed E-state index contributed by atoms with van der Waals surface area (Å²) in [4.78, 5) is 14.3. The van der Waals surface area contributed by atoms with Crippen LogP contribution in [0.15, 0.2) is 144 Å². The third-order valence-corrected chi connectivity index (χ3v) is 8.35. The molecule has 0 spiro atoms. The van der Waals surface area contributed by atoms with E-state index in [9.17, 15) is 0 Å². The summed E-state index contributed by atoms with van der Waals surface area (Å²) in [5, 5.41) is 5.51. The molecule has 0 atom stereocenters. The van der Waals surface area contributed by atoms with Gasteiger partial charge in [0.2, 0.25) is 0 Å². The van der Waals surface area contributed by atoms with E-state index in [1.165, 1.54) is 0 Å². The van der Waals surface area contributed by atoms with Crippen LogP contribution in [0.2, 0.25) is 0 Å². The molecule has 0 aliphatic carbocycles. The normalized spacial score (nSPS) is 11.7. The molecule has 0 saturated heterocycles. The van der Waals surface area contributed by atoms with Gasteiger partial charge in [0.25, 0.3) is 0 Å². The second-order valence-electron chi connectivity index (χ2n) is 10.9. The number of hydrogen-bond acceptors (Lipinski definition) is 4. The van der Waals surface area contributed by atoms with Crippen molar-refractivity contribution in [3.63, 3.8) is 0 Å². The lowest BCUT2D eigenvalue weighted by molar-refractivity contribution is 0.669. The monoisotopic (exact) mass is 549 g/mol. The van der Waals surface area contributed by atoms with Gasteiger partial charge in [0.15, 0.2) is 0 Å². The van der Waals surface area contributed by atoms with Crippen molar-refractivity contribution < 1.29 is 4.42 Å². The van der Waals surface area contributed by atoms with E-state index >= 15 is 0 Å². The summed E-state index contributed by atoms with van der Waals surface area (Å²) in [7, 11) is 0. The summed E-state index contributed by atoms with van der Waals surface area (Å²) in [6.07, 6.45) is 5.64. The smallest absolute Gasteiger partial charge is 0.136 e. The predicted octanol–water partition coefficient (Wildman–Crippen LogP) is 10.2. The maximum Gasteiger partial charge on any atom is 0.136 e. The molecule has 4 aromatic heterocycles. The quantitative estimate of drug-likeness (QED) is 0.206. The number of para-hydroxylation sites is 2. The maximum absolute atomic E-state index is 6.26. The van der Waals surface area contributed by atoms with E-state index in [2.05, 4.69) is 102 Å². The predicted molar refractivity (Wildman–Crippen MR) is 176 cm³/mol. The summed E-state index contributed by atoms with van der Waals surface area (Å²) >= 11 is 0. The minimum Gasteiger partial charge on any atom is -0.456 e. The largest absolute Gasteiger partial charge is 0.456 e. The Kier molecular flexibility index (Phi) is 5.16. The second kappa shape index (κ2) is 9.33. The minimum atomic E-state index is 0.879. The van der Waals surface area contributed by atoms with Crippen molar-refractivity contribution in [2.24, 2.45) is 0 Å². The Bertz CT molecular complexity index is 2520. The average molecular weight is 550 g/mol. The van der Waals surface area contributed by atoms with Gasteiger partial charge >= 0.3 is 0 Å². The molecule has 9 aromatic rings. The molecule has 0 saturated carbocycles. The van der Waals surface area contributed by atoms with Crippen LogP contribution in [0.1, 0.15) is 0 Å². The molecule has 4 nitrogen and oxygen atoms in total.